The van der Waals surface area contributed by atoms with E-state index in [4.69, 9.17) is 0 Å². The Balaban J connectivity index is 1.47. The number of benzene rings is 1. The minimum atomic E-state index is -0.328. The fourth-order valence-electron chi connectivity index (χ4n) is 3.60. The van der Waals surface area contributed by atoms with Crippen molar-refractivity contribution in [1.82, 2.24) is 14.9 Å². The second-order valence-corrected chi connectivity index (χ2v) is 7.16. The first kappa shape index (κ1) is 18.2. The number of nitrogens with one attached hydrogen (secondary N) is 1. The lowest BCUT2D eigenvalue weighted by atomic mass is 10.0. The molecule has 1 N–H and O–H groups in total. The van der Waals surface area contributed by atoms with Crippen molar-refractivity contribution in [2.24, 2.45) is 0 Å². The molecule has 2 fully saturated rings. The average Bonchev–Trinajstić information content (AvgIpc) is 2.72. The maximum absolute atomic E-state index is 13.0. The number of hydrogen-bond acceptors (Lipinski definition) is 6. The van der Waals surface area contributed by atoms with Crippen molar-refractivity contribution >= 4 is 29.1 Å². The molecule has 28 heavy (non-hydrogen) atoms. The van der Waals surface area contributed by atoms with Crippen LogP contribution in [0.1, 0.15) is 12.8 Å². The molecule has 1 atom stereocenters. The highest BCUT2D eigenvalue weighted by molar-refractivity contribution is 5.99. The molecule has 146 valence electrons. The summed E-state index contributed by atoms with van der Waals surface area (Å²) in [6.07, 6.45) is 3.15. The van der Waals surface area contributed by atoms with Crippen LogP contribution < -0.4 is 15.1 Å². The number of aromatic nitrogens is 2. The molecule has 0 aliphatic carbocycles. The monoisotopic (exact) mass is 380 g/mol. The largest absolute Gasteiger partial charge is 0.358 e. The summed E-state index contributed by atoms with van der Waals surface area (Å²) in [5.41, 5.74) is 0.915. The molecule has 8 heteroatoms. The van der Waals surface area contributed by atoms with E-state index < -0.39 is 0 Å². The minimum absolute atomic E-state index is 0.0485. The lowest BCUT2D eigenvalue weighted by Crippen LogP contribution is -2.49. The van der Waals surface area contributed by atoms with E-state index in [1.165, 1.54) is 6.33 Å². The number of amides is 2. The fraction of sp³-hybridized carbons (Fsp3) is 0.400. The zero-order chi connectivity index (χ0) is 19.5. The average molecular weight is 380 g/mol. The molecule has 0 bridgehead atoms. The van der Waals surface area contributed by atoms with Crippen LogP contribution >= 0.6 is 0 Å². The molecule has 2 aromatic rings. The summed E-state index contributed by atoms with van der Waals surface area (Å²) in [7, 11) is 1.81. The van der Waals surface area contributed by atoms with Crippen molar-refractivity contribution in [2.45, 2.75) is 18.9 Å². The van der Waals surface area contributed by atoms with E-state index in [1.54, 1.807) is 11.9 Å². The first-order chi connectivity index (χ1) is 13.6. The first-order valence-corrected chi connectivity index (χ1v) is 9.56. The number of hydrogen-bond donors (Lipinski definition) is 1. The van der Waals surface area contributed by atoms with Gasteiger partial charge in [-0.05, 0) is 25.0 Å². The fourth-order valence-corrected chi connectivity index (χ4v) is 3.60. The maximum atomic E-state index is 13.0. The predicted octanol–water partition coefficient (Wildman–Crippen LogP) is 1.36. The van der Waals surface area contributed by atoms with E-state index in [0.717, 1.165) is 31.6 Å². The summed E-state index contributed by atoms with van der Waals surface area (Å²) < 4.78 is 0. The van der Waals surface area contributed by atoms with Gasteiger partial charge < -0.3 is 20.0 Å². The lowest BCUT2D eigenvalue weighted by Gasteiger charge is -2.34. The van der Waals surface area contributed by atoms with Gasteiger partial charge in [0.05, 0.1) is 6.54 Å². The van der Waals surface area contributed by atoms with Gasteiger partial charge in [0.2, 0.25) is 11.8 Å². The predicted molar refractivity (Wildman–Crippen MR) is 107 cm³/mol. The van der Waals surface area contributed by atoms with E-state index in [2.05, 4.69) is 15.3 Å². The topological polar surface area (TPSA) is 81.7 Å². The third kappa shape index (κ3) is 3.76. The normalized spacial score (nSPS) is 20.5. The first-order valence-electron chi connectivity index (χ1n) is 9.56. The van der Waals surface area contributed by atoms with Crippen LogP contribution in [-0.2, 0) is 9.59 Å². The van der Waals surface area contributed by atoms with Crippen LogP contribution in [0.15, 0.2) is 42.7 Å². The number of anilines is 3. The maximum Gasteiger partial charge on any atom is 0.249 e. The summed E-state index contributed by atoms with van der Waals surface area (Å²) >= 11 is 0. The molecule has 0 spiro atoms. The van der Waals surface area contributed by atoms with E-state index in [0.29, 0.717) is 24.7 Å². The third-order valence-electron chi connectivity index (χ3n) is 5.26. The van der Waals surface area contributed by atoms with Crippen LogP contribution in [0.5, 0.6) is 0 Å². The van der Waals surface area contributed by atoms with E-state index in [9.17, 15) is 9.59 Å². The van der Waals surface area contributed by atoms with Gasteiger partial charge in [0.15, 0.2) is 0 Å². The molecular formula is C20H24N6O2. The van der Waals surface area contributed by atoms with Crippen molar-refractivity contribution in [3.63, 3.8) is 0 Å². The molecule has 1 aromatic heterocycles. The van der Waals surface area contributed by atoms with Gasteiger partial charge in [-0.15, -0.1) is 0 Å². The minimum Gasteiger partial charge on any atom is -0.358 e. The van der Waals surface area contributed by atoms with Crippen LogP contribution in [0.2, 0.25) is 0 Å². The molecule has 4 rings (SSSR count). The molecule has 2 saturated heterocycles. The molecule has 8 nitrogen and oxygen atoms in total. The van der Waals surface area contributed by atoms with Gasteiger partial charge in [-0.1, -0.05) is 18.2 Å². The number of piperidine rings is 1. The number of carbonyl (C=O) groups is 2. The van der Waals surface area contributed by atoms with Gasteiger partial charge in [0.1, 0.15) is 24.0 Å². The van der Waals surface area contributed by atoms with Crippen LogP contribution in [0.25, 0.3) is 0 Å². The smallest absolute Gasteiger partial charge is 0.249 e. The molecule has 1 unspecified atom stereocenters. The Morgan fingerprint density at radius 2 is 1.89 bits per heavy atom. The van der Waals surface area contributed by atoms with E-state index in [1.807, 2.05) is 46.2 Å². The summed E-state index contributed by atoms with van der Waals surface area (Å²) in [6, 6.07) is 11.2. The number of carbonyl (C=O) groups excluding carboxylic acids is 2. The van der Waals surface area contributed by atoms with Crippen LogP contribution in [-0.4, -0.2) is 66.0 Å². The number of para-hydroxylation sites is 1. The highest BCUT2D eigenvalue weighted by atomic mass is 16.2. The van der Waals surface area contributed by atoms with Crippen molar-refractivity contribution in [3.8, 4) is 0 Å². The van der Waals surface area contributed by atoms with Crippen molar-refractivity contribution in [2.75, 3.05) is 48.3 Å². The van der Waals surface area contributed by atoms with Gasteiger partial charge >= 0.3 is 0 Å². The van der Waals surface area contributed by atoms with E-state index >= 15 is 0 Å². The lowest BCUT2D eigenvalue weighted by molar-refractivity contribution is -0.129. The van der Waals surface area contributed by atoms with Crippen LogP contribution in [0.3, 0.4) is 0 Å². The molecule has 2 amide bonds. The van der Waals surface area contributed by atoms with Crippen molar-refractivity contribution < 1.29 is 9.59 Å². The summed E-state index contributed by atoms with van der Waals surface area (Å²) in [6.45, 7) is 2.41. The highest BCUT2D eigenvalue weighted by Gasteiger charge is 2.30. The summed E-state index contributed by atoms with van der Waals surface area (Å²) in [5, 5.41) is 3.27. The molecule has 3 heterocycles. The Morgan fingerprint density at radius 1 is 1.07 bits per heavy atom. The molecule has 2 aliphatic rings. The Labute approximate surface area is 164 Å². The van der Waals surface area contributed by atoms with E-state index in [-0.39, 0.29) is 17.9 Å². The van der Waals surface area contributed by atoms with Gasteiger partial charge in [0.25, 0.3) is 0 Å². The summed E-state index contributed by atoms with van der Waals surface area (Å²) in [4.78, 5) is 39.0. The van der Waals surface area contributed by atoms with Crippen LogP contribution in [0, 0.1) is 0 Å². The molecule has 2 aliphatic heterocycles. The SMILES string of the molecule is CN1CCN(c2cc(NC3CCCN(c4ccccc4)C3=O)ncn2)CC1=O. The summed E-state index contributed by atoms with van der Waals surface area (Å²) in [5.74, 6) is 1.42. The molecule has 0 radical (unpaired) electrons. The Kier molecular flexibility index (Phi) is 5.10. The zero-order valence-electron chi connectivity index (χ0n) is 15.9. The quantitative estimate of drug-likeness (QED) is 0.863. The van der Waals surface area contributed by atoms with Gasteiger partial charge in [-0.2, -0.15) is 0 Å². The number of piperazine rings is 1. The highest BCUT2D eigenvalue weighted by Crippen LogP contribution is 2.23. The number of rotatable bonds is 4. The van der Waals surface area contributed by atoms with Crippen LogP contribution in [0.4, 0.5) is 17.3 Å². The Bertz CT molecular complexity index is 859. The van der Waals surface area contributed by atoms with Gasteiger partial charge in [0, 0.05) is 38.4 Å². The molecular weight excluding hydrogens is 356 g/mol. The number of likely N-dealkylation sites (N-methyl/N-ethyl adjacent to an activating group) is 1. The Morgan fingerprint density at radius 3 is 2.68 bits per heavy atom. The molecule has 0 saturated carbocycles. The number of nitrogens with zero attached hydrogens (tertiary/aromatic N) is 5. The van der Waals surface area contributed by atoms with Gasteiger partial charge in [-0.3, -0.25) is 9.59 Å². The second kappa shape index (κ2) is 7.84. The van der Waals surface area contributed by atoms with Crippen molar-refractivity contribution in [1.29, 1.82) is 0 Å². The second-order valence-electron chi connectivity index (χ2n) is 7.16. The zero-order valence-corrected chi connectivity index (χ0v) is 15.9. The van der Waals surface area contributed by atoms with Gasteiger partial charge in [-0.25, -0.2) is 9.97 Å². The Hall–Kier alpha value is -3.16. The third-order valence-corrected chi connectivity index (χ3v) is 5.26. The van der Waals surface area contributed by atoms with Crippen molar-refractivity contribution in [3.05, 3.63) is 42.7 Å². The molecule has 1 aromatic carbocycles. The standard InChI is InChI=1S/C20H24N6O2/c1-24-10-11-25(13-19(24)27)18-12-17(21-14-22-18)23-16-8-5-9-26(20(16)28)15-6-3-2-4-7-15/h2-4,6-7,12,14,16H,5,8-11,13H2,1H3,(H,21,22,23).